The molecule has 0 amide bonds. The molecule has 0 aliphatic carbocycles. The van der Waals surface area contributed by atoms with Crippen molar-refractivity contribution in [1.29, 1.82) is 0 Å². The Labute approximate surface area is 249 Å². The van der Waals surface area contributed by atoms with Gasteiger partial charge in [-0.1, -0.05) is 73.5 Å². The first-order valence-electron chi connectivity index (χ1n) is 13.9. The molecule has 3 heterocycles. The number of benzene rings is 2. The Balaban J connectivity index is 1.36. The van der Waals surface area contributed by atoms with Crippen molar-refractivity contribution in [2.24, 2.45) is 0 Å². The summed E-state index contributed by atoms with van der Waals surface area (Å²) in [7, 11) is 3.69. The molecule has 0 spiro atoms. The number of H-pyrrole nitrogens is 2. The summed E-state index contributed by atoms with van der Waals surface area (Å²) in [6.07, 6.45) is 6.60. The van der Waals surface area contributed by atoms with Crippen molar-refractivity contribution in [2.45, 2.75) is 51.8 Å². The van der Waals surface area contributed by atoms with Gasteiger partial charge >= 0.3 is 5.97 Å². The van der Waals surface area contributed by atoms with E-state index < -0.39 is 6.04 Å². The van der Waals surface area contributed by atoms with Crippen molar-refractivity contribution in [3.05, 3.63) is 89.0 Å². The van der Waals surface area contributed by atoms with E-state index in [4.69, 9.17) is 16.3 Å². The Morgan fingerprint density at radius 2 is 1.90 bits per heavy atom. The summed E-state index contributed by atoms with van der Waals surface area (Å²) in [5.41, 5.74) is 4.69. The second-order valence-corrected chi connectivity index (χ2v) is 10.6. The van der Waals surface area contributed by atoms with E-state index in [1.807, 2.05) is 43.3 Å². The summed E-state index contributed by atoms with van der Waals surface area (Å²) >= 11 is 6.64. The zero-order chi connectivity index (χ0) is 29.5. The van der Waals surface area contributed by atoms with Gasteiger partial charge in [0.1, 0.15) is 24.3 Å². The Kier molecular flexibility index (Phi) is 9.40. The van der Waals surface area contributed by atoms with Crippen molar-refractivity contribution >= 4 is 17.6 Å². The number of ether oxygens (including phenoxy) is 1. The zero-order valence-electron chi connectivity index (χ0n) is 23.9. The third kappa shape index (κ3) is 6.75. The number of unbranched alkanes of at least 4 members (excludes halogenated alkanes) is 1. The molecule has 0 radical (unpaired) electrons. The molecule has 11 nitrogen and oxygen atoms in total. The van der Waals surface area contributed by atoms with Crippen LogP contribution in [-0.4, -0.2) is 71.1 Å². The van der Waals surface area contributed by atoms with E-state index in [1.54, 1.807) is 12.4 Å². The maximum atomic E-state index is 13.1. The number of nitrogens with one attached hydrogen (secondary N) is 2. The molecule has 0 aliphatic heterocycles. The minimum absolute atomic E-state index is 0.0233. The maximum absolute atomic E-state index is 13.1. The van der Waals surface area contributed by atoms with Crippen molar-refractivity contribution < 1.29 is 9.53 Å². The third-order valence-corrected chi connectivity index (χ3v) is 7.47. The molecular formula is C30H34ClN9O2. The molecule has 0 bridgehead atoms. The van der Waals surface area contributed by atoms with Crippen LogP contribution in [-0.2, 0) is 35.5 Å². The van der Waals surface area contributed by atoms with Crippen LogP contribution >= 0.6 is 11.6 Å². The van der Waals surface area contributed by atoms with Crippen LogP contribution in [0.15, 0.2) is 60.9 Å². The standard InChI is InChI=1S/C30H34ClN9O2/c1-4-5-10-27-34-28(31)25(19-42-30(41)24(39(2)3)17-26-32-15-16-33-26)40(27)18-20-11-13-21(14-12-20)22-8-6-7-9-23(22)29-35-37-38-36-29/h6-9,11-16,24H,4-5,10,17-19H2,1-3H3,(H,32,33)(H,35,36,37,38)/t24-/m0/s1. The molecule has 2 N–H and O–H groups in total. The fourth-order valence-corrected chi connectivity index (χ4v) is 5.09. The fourth-order valence-electron chi connectivity index (χ4n) is 4.84. The Morgan fingerprint density at radius 1 is 1.12 bits per heavy atom. The predicted molar refractivity (Wildman–Crippen MR) is 160 cm³/mol. The number of carbonyl (C=O) groups excluding carboxylic acids is 1. The molecule has 3 aromatic heterocycles. The van der Waals surface area contributed by atoms with Crippen LogP contribution in [0.1, 0.15) is 42.7 Å². The summed E-state index contributed by atoms with van der Waals surface area (Å²) in [6.45, 7) is 2.71. The normalized spacial score (nSPS) is 12.1. The number of halogens is 1. The van der Waals surface area contributed by atoms with Gasteiger partial charge in [0.25, 0.3) is 0 Å². The number of likely N-dealkylation sites (N-methyl/N-ethyl adjacent to an activating group) is 1. The van der Waals surface area contributed by atoms with Crippen LogP contribution in [0, 0.1) is 0 Å². The SMILES string of the molecule is CCCCc1nc(Cl)c(COC(=O)[C@H](Cc2ncc[nH]2)N(C)C)n1Cc1ccc(-c2ccccc2-c2nn[nH]n2)cc1. The summed E-state index contributed by atoms with van der Waals surface area (Å²) in [5, 5.41) is 14.9. The van der Waals surface area contributed by atoms with Gasteiger partial charge < -0.3 is 14.3 Å². The molecule has 2 aromatic carbocycles. The minimum Gasteiger partial charge on any atom is -0.458 e. The highest BCUT2D eigenvalue weighted by Crippen LogP contribution is 2.30. The van der Waals surface area contributed by atoms with Crippen LogP contribution in [0.25, 0.3) is 22.5 Å². The molecule has 1 atom stereocenters. The van der Waals surface area contributed by atoms with Crippen LogP contribution in [0.4, 0.5) is 0 Å². The van der Waals surface area contributed by atoms with E-state index in [2.05, 4.69) is 71.3 Å². The Morgan fingerprint density at radius 3 is 2.57 bits per heavy atom. The summed E-state index contributed by atoms with van der Waals surface area (Å²) in [5.74, 6) is 1.79. The smallest absolute Gasteiger partial charge is 0.324 e. The van der Waals surface area contributed by atoms with E-state index in [0.717, 1.165) is 53.2 Å². The van der Waals surface area contributed by atoms with Gasteiger partial charge in [0.15, 0.2) is 5.15 Å². The van der Waals surface area contributed by atoms with E-state index >= 15 is 0 Å². The van der Waals surface area contributed by atoms with E-state index in [9.17, 15) is 4.79 Å². The number of hydrogen-bond donors (Lipinski definition) is 2. The number of hydrogen-bond acceptors (Lipinski definition) is 8. The number of nitrogens with zero attached hydrogens (tertiary/aromatic N) is 7. The van der Waals surface area contributed by atoms with Crippen molar-refractivity contribution in [2.75, 3.05) is 14.1 Å². The molecule has 12 heteroatoms. The monoisotopic (exact) mass is 587 g/mol. The lowest BCUT2D eigenvalue weighted by Gasteiger charge is -2.22. The number of rotatable bonds is 13. The lowest BCUT2D eigenvalue weighted by Crippen LogP contribution is -2.39. The van der Waals surface area contributed by atoms with Crippen molar-refractivity contribution in [3.8, 4) is 22.5 Å². The first-order chi connectivity index (χ1) is 20.4. The minimum atomic E-state index is -0.492. The molecule has 218 valence electrons. The lowest BCUT2D eigenvalue weighted by molar-refractivity contribution is -0.150. The first-order valence-corrected chi connectivity index (χ1v) is 14.3. The van der Waals surface area contributed by atoms with Gasteiger partial charge in [-0.3, -0.25) is 9.69 Å². The summed E-state index contributed by atoms with van der Waals surface area (Å²) in [6, 6.07) is 15.8. The van der Waals surface area contributed by atoms with Gasteiger partial charge in [-0.25, -0.2) is 9.97 Å². The van der Waals surface area contributed by atoms with Gasteiger partial charge in [0.2, 0.25) is 5.82 Å². The van der Waals surface area contributed by atoms with Gasteiger partial charge in [0.05, 0.1) is 5.69 Å². The number of aromatic nitrogens is 8. The Hall–Kier alpha value is -4.35. The van der Waals surface area contributed by atoms with E-state index in [1.165, 1.54) is 0 Å². The van der Waals surface area contributed by atoms with Gasteiger partial charge in [-0.15, -0.1) is 10.2 Å². The molecule has 5 rings (SSSR count). The highest BCUT2D eigenvalue weighted by atomic mass is 35.5. The number of carbonyl (C=O) groups is 1. The van der Waals surface area contributed by atoms with Crippen LogP contribution in [0.5, 0.6) is 0 Å². The molecule has 0 unspecified atom stereocenters. The van der Waals surface area contributed by atoms with Gasteiger partial charge in [-0.05, 0) is 42.4 Å². The van der Waals surface area contributed by atoms with Gasteiger partial charge in [-0.2, -0.15) is 5.21 Å². The number of esters is 1. The lowest BCUT2D eigenvalue weighted by atomic mass is 9.98. The van der Waals surface area contributed by atoms with Gasteiger partial charge in [0, 0.05) is 37.3 Å². The summed E-state index contributed by atoms with van der Waals surface area (Å²) < 4.78 is 7.89. The highest BCUT2D eigenvalue weighted by Gasteiger charge is 2.26. The van der Waals surface area contributed by atoms with E-state index in [0.29, 0.717) is 29.6 Å². The van der Waals surface area contributed by atoms with Crippen molar-refractivity contribution in [1.82, 2.24) is 45.0 Å². The average molecular weight is 588 g/mol. The van der Waals surface area contributed by atoms with E-state index in [-0.39, 0.29) is 12.6 Å². The second-order valence-electron chi connectivity index (χ2n) is 10.3. The van der Waals surface area contributed by atoms with Crippen LogP contribution in [0.3, 0.4) is 0 Å². The zero-order valence-corrected chi connectivity index (χ0v) is 24.7. The molecule has 42 heavy (non-hydrogen) atoms. The third-order valence-electron chi connectivity index (χ3n) is 7.16. The van der Waals surface area contributed by atoms with Crippen molar-refractivity contribution in [3.63, 3.8) is 0 Å². The summed E-state index contributed by atoms with van der Waals surface area (Å²) in [4.78, 5) is 26.9. The predicted octanol–water partition coefficient (Wildman–Crippen LogP) is 4.71. The molecule has 0 aliphatic rings. The largest absolute Gasteiger partial charge is 0.458 e. The average Bonchev–Trinajstić information content (AvgIpc) is 3.77. The molecule has 5 aromatic rings. The first kappa shape index (κ1) is 29.2. The van der Waals surface area contributed by atoms with Crippen LogP contribution in [0.2, 0.25) is 5.15 Å². The number of aromatic amines is 2. The highest BCUT2D eigenvalue weighted by molar-refractivity contribution is 6.30. The quantitative estimate of drug-likeness (QED) is 0.189. The number of aryl methyl sites for hydroxylation is 1. The molecule has 0 saturated heterocycles. The molecule has 0 fully saturated rings. The number of tetrazole rings is 1. The fraction of sp³-hybridized carbons (Fsp3) is 0.333. The molecule has 0 saturated carbocycles. The molecular weight excluding hydrogens is 554 g/mol. The number of imidazole rings is 2. The van der Waals surface area contributed by atoms with Crippen LogP contribution < -0.4 is 0 Å². The Bertz CT molecular complexity index is 1580. The topological polar surface area (TPSA) is 130 Å². The second kappa shape index (κ2) is 13.5. The maximum Gasteiger partial charge on any atom is 0.324 e.